The summed E-state index contributed by atoms with van der Waals surface area (Å²) < 4.78 is 16.3. The maximum absolute atomic E-state index is 12.4. The topological polar surface area (TPSA) is 82.1 Å². The second-order valence-corrected chi connectivity index (χ2v) is 7.05. The number of imide groups is 1. The van der Waals surface area contributed by atoms with Crippen LogP contribution in [0.4, 0.5) is 4.79 Å². The van der Waals surface area contributed by atoms with E-state index in [9.17, 15) is 14.4 Å². The molecular formula is C18H18BrNO6S. The van der Waals surface area contributed by atoms with Crippen LogP contribution in [0.1, 0.15) is 12.5 Å². The van der Waals surface area contributed by atoms with Crippen LogP contribution in [-0.2, 0) is 14.3 Å². The quantitative estimate of drug-likeness (QED) is 0.336. The third-order valence-corrected chi connectivity index (χ3v) is 4.86. The summed E-state index contributed by atoms with van der Waals surface area (Å²) in [5, 5.41) is -0.517. The molecule has 27 heavy (non-hydrogen) atoms. The maximum atomic E-state index is 12.4. The van der Waals surface area contributed by atoms with Gasteiger partial charge in [0.05, 0.1) is 23.1 Å². The lowest BCUT2D eigenvalue weighted by atomic mass is 10.2. The van der Waals surface area contributed by atoms with Gasteiger partial charge in [0.1, 0.15) is 13.2 Å². The lowest BCUT2D eigenvalue weighted by Crippen LogP contribution is -2.34. The fraction of sp³-hybridized carbons (Fsp3) is 0.278. The predicted octanol–water partition coefficient (Wildman–Crippen LogP) is 3.62. The van der Waals surface area contributed by atoms with Crippen LogP contribution in [-0.4, -0.2) is 48.9 Å². The van der Waals surface area contributed by atoms with Crippen LogP contribution < -0.4 is 9.47 Å². The minimum atomic E-state index is -0.630. The summed E-state index contributed by atoms with van der Waals surface area (Å²) in [5.74, 6) is -0.206. The molecule has 1 aromatic carbocycles. The van der Waals surface area contributed by atoms with Crippen molar-refractivity contribution in [2.75, 3.05) is 26.9 Å². The molecule has 0 saturated carbocycles. The highest BCUT2D eigenvalue weighted by atomic mass is 79.9. The Morgan fingerprint density at radius 3 is 2.74 bits per heavy atom. The number of methoxy groups -OCH3 is 1. The second kappa shape index (κ2) is 9.61. The van der Waals surface area contributed by atoms with Gasteiger partial charge in [0, 0.05) is 0 Å². The SMILES string of the molecule is C=CCOc1c(Br)cc(/C=C2/SC(=O)N(CC(=O)OCC)C2=O)cc1OC. The van der Waals surface area contributed by atoms with E-state index in [0.717, 1.165) is 16.7 Å². The molecule has 1 aromatic rings. The number of amides is 2. The number of halogens is 1. The Bertz CT molecular complexity index is 807. The number of nitrogens with zero attached hydrogens (tertiary/aromatic N) is 1. The van der Waals surface area contributed by atoms with Gasteiger partial charge in [0.2, 0.25) is 0 Å². The zero-order chi connectivity index (χ0) is 20.0. The number of hydrogen-bond donors (Lipinski definition) is 0. The lowest BCUT2D eigenvalue weighted by molar-refractivity contribution is -0.145. The van der Waals surface area contributed by atoms with Crippen LogP contribution in [0.2, 0.25) is 0 Å². The summed E-state index contributed by atoms with van der Waals surface area (Å²) in [6.07, 6.45) is 3.17. The molecule has 0 spiro atoms. The van der Waals surface area contributed by atoms with Crippen LogP contribution >= 0.6 is 27.7 Å². The monoisotopic (exact) mass is 455 g/mol. The van der Waals surface area contributed by atoms with Gasteiger partial charge in [0.15, 0.2) is 11.5 Å². The second-order valence-electron chi connectivity index (χ2n) is 5.21. The first kappa shape index (κ1) is 21.0. The van der Waals surface area contributed by atoms with Crippen LogP contribution in [0.15, 0.2) is 34.2 Å². The van der Waals surface area contributed by atoms with Crippen molar-refractivity contribution in [3.8, 4) is 11.5 Å². The predicted molar refractivity (Wildman–Crippen MR) is 106 cm³/mol. The Balaban J connectivity index is 2.26. The fourth-order valence-corrected chi connectivity index (χ4v) is 3.64. The summed E-state index contributed by atoms with van der Waals surface area (Å²) in [4.78, 5) is 37.1. The minimum absolute atomic E-state index is 0.180. The van der Waals surface area contributed by atoms with Gasteiger partial charge in [-0.1, -0.05) is 12.7 Å². The number of hydrogen-bond acceptors (Lipinski definition) is 7. The van der Waals surface area contributed by atoms with Gasteiger partial charge in [-0.2, -0.15) is 0 Å². The van der Waals surface area contributed by atoms with Crippen LogP contribution in [0.3, 0.4) is 0 Å². The first-order valence-electron chi connectivity index (χ1n) is 7.93. The van der Waals surface area contributed by atoms with E-state index in [4.69, 9.17) is 14.2 Å². The molecule has 1 saturated heterocycles. The first-order valence-corrected chi connectivity index (χ1v) is 9.54. The van der Waals surface area contributed by atoms with Crippen molar-refractivity contribution >= 4 is 50.9 Å². The van der Waals surface area contributed by atoms with Gasteiger partial charge in [-0.05, 0) is 58.4 Å². The minimum Gasteiger partial charge on any atom is -0.493 e. The molecule has 1 aliphatic heterocycles. The standard InChI is InChI=1S/C18H18BrNO6S/c1-4-6-26-16-12(19)7-11(8-13(16)24-3)9-14-17(22)20(18(23)27-14)10-15(21)25-5-2/h4,7-9H,1,5-6,10H2,2-3H3/b14-9+. The molecular weight excluding hydrogens is 438 g/mol. The molecule has 0 bridgehead atoms. The van der Waals surface area contributed by atoms with E-state index in [1.54, 1.807) is 31.2 Å². The highest BCUT2D eigenvalue weighted by Crippen LogP contribution is 2.39. The van der Waals surface area contributed by atoms with Crippen LogP contribution in [0, 0.1) is 0 Å². The molecule has 0 N–H and O–H groups in total. The smallest absolute Gasteiger partial charge is 0.326 e. The largest absolute Gasteiger partial charge is 0.493 e. The van der Waals surface area contributed by atoms with Crippen molar-refractivity contribution < 1.29 is 28.6 Å². The fourth-order valence-electron chi connectivity index (χ4n) is 2.23. The van der Waals surface area contributed by atoms with Crippen molar-refractivity contribution in [1.82, 2.24) is 4.90 Å². The summed E-state index contributed by atoms with van der Waals surface area (Å²) in [7, 11) is 1.50. The zero-order valence-electron chi connectivity index (χ0n) is 14.8. The molecule has 2 amide bonds. The molecule has 0 unspecified atom stereocenters. The number of thioether (sulfide) groups is 1. The van der Waals surface area contributed by atoms with E-state index in [1.807, 2.05) is 0 Å². The van der Waals surface area contributed by atoms with Gasteiger partial charge in [-0.25, -0.2) is 0 Å². The summed E-state index contributed by atoms with van der Waals surface area (Å²) in [6.45, 7) is 5.33. The van der Waals surface area contributed by atoms with E-state index < -0.39 is 23.7 Å². The number of rotatable bonds is 8. The van der Waals surface area contributed by atoms with Crippen molar-refractivity contribution in [3.63, 3.8) is 0 Å². The van der Waals surface area contributed by atoms with E-state index in [-0.39, 0.29) is 11.5 Å². The van der Waals surface area contributed by atoms with Crippen molar-refractivity contribution in [2.24, 2.45) is 0 Å². The van der Waals surface area contributed by atoms with E-state index in [0.29, 0.717) is 28.1 Å². The average Bonchev–Trinajstić information content (AvgIpc) is 2.88. The van der Waals surface area contributed by atoms with Crippen LogP contribution in [0.5, 0.6) is 11.5 Å². The molecule has 1 aliphatic rings. The highest BCUT2D eigenvalue weighted by Gasteiger charge is 2.36. The summed E-state index contributed by atoms with van der Waals surface area (Å²) >= 11 is 4.17. The van der Waals surface area contributed by atoms with Crippen molar-refractivity contribution in [3.05, 3.63) is 39.7 Å². The molecule has 0 radical (unpaired) electrons. The molecule has 0 aliphatic carbocycles. The number of carbonyl (C=O) groups excluding carboxylic acids is 3. The lowest BCUT2D eigenvalue weighted by Gasteiger charge is -2.12. The van der Waals surface area contributed by atoms with Gasteiger partial charge in [-0.3, -0.25) is 19.3 Å². The molecule has 1 heterocycles. The maximum Gasteiger partial charge on any atom is 0.326 e. The van der Waals surface area contributed by atoms with Crippen LogP contribution in [0.25, 0.3) is 6.08 Å². The van der Waals surface area contributed by atoms with Crippen molar-refractivity contribution in [1.29, 1.82) is 0 Å². The molecule has 1 fully saturated rings. The molecule has 7 nitrogen and oxygen atoms in total. The molecule has 9 heteroatoms. The third-order valence-electron chi connectivity index (χ3n) is 3.36. The number of esters is 1. The number of benzene rings is 1. The Morgan fingerprint density at radius 1 is 1.37 bits per heavy atom. The Hall–Kier alpha value is -2.26. The average molecular weight is 456 g/mol. The number of carbonyl (C=O) groups is 3. The normalized spacial score (nSPS) is 15.2. The molecule has 0 aromatic heterocycles. The Kier molecular flexibility index (Phi) is 7.49. The Labute approximate surface area is 169 Å². The van der Waals surface area contributed by atoms with Gasteiger partial charge in [-0.15, -0.1) is 0 Å². The highest BCUT2D eigenvalue weighted by molar-refractivity contribution is 9.10. The zero-order valence-corrected chi connectivity index (χ0v) is 17.2. The summed E-state index contributed by atoms with van der Waals surface area (Å²) in [6, 6.07) is 3.42. The van der Waals surface area contributed by atoms with E-state index in [1.165, 1.54) is 7.11 Å². The summed E-state index contributed by atoms with van der Waals surface area (Å²) in [5.41, 5.74) is 0.631. The van der Waals surface area contributed by atoms with Gasteiger partial charge < -0.3 is 14.2 Å². The Morgan fingerprint density at radius 2 is 2.11 bits per heavy atom. The first-order chi connectivity index (χ1) is 12.9. The van der Waals surface area contributed by atoms with Crippen molar-refractivity contribution in [2.45, 2.75) is 6.92 Å². The number of ether oxygens (including phenoxy) is 3. The molecule has 0 atom stereocenters. The molecule has 2 rings (SSSR count). The third kappa shape index (κ3) is 5.14. The van der Waals surface area contributed by atoms with Gasteiger partial charge >= 0.3 is 5.97 Å². The van der Waals surface area contributed by atoms with E-state index >= 15 is 0 Å². The molecule has 144 valence electrons. The van der Waals surface area contributed by atoms with Gasteiger partial charge in [0.25, 0.3) is 11.1 Å². The van der Waals surface area contributed by atoms with E-state index in [2.05, 4.69) is 22.5 Å².